The van der Waals surface area contributed by atoms with Crippen LogP contribution in [-0.2, 0) is 10.8 Å². The van der Waals surface area contributed by atoms with Crippen molar-refractivity contribution in [1.29, 1.82) is 5.26 Å². The number of nitrogens with zero attached hydrogens (tertiary/aromatic N) is 2. The second-order valence-corrected chi connectivity index (χ2v) is 5.64. The van der Waals surface area contributed by atoms with Gasteiger partial charge in [0.1, 0.15) is 11.9 Å². The Kier molecular flexibility index (Phi) is 5.11. The molecule has 0 fully saturated rings. The number of pyridine rings is 1. The Labute approximate surface area is 105 Å². The van der Waals surface area contributed by atoms with Gasteiger partial charge in [0, 0.05) is 34.5 Å². The van der Waals surface area contributed by atoms with Crippen molar-refractivity contribution in [3.8, 4) is 6.07 Å². The van der Waals surface area contributed by atoms with Gasteiger partial charge in [-0.25, -0.2) is 4.98 Å². The van der Waals surface area contributed by atoms with Crippen LogP contribution in [0.3, 0.4) is 0 Å². The maximum Gasteiger partial charge on any atom is 0.144 e. The molecular weight excluding hydrogens is 234 g/mol. The molecule has 1 N–H and O–H groups in total. The summed E-state index contributed by atoms with van der Waals surface area (Å²) in [6, 6.07) is 4.03. The fourth-order valence-corrected chi connectivity index (χ4v) is 2.15. The van der Waals surface area contributed by atoms with Crippen molar-refractivity contribution in [2.45, 2.75) is 20.8 Å². The maximum absolute atomic E-state index is 11.3. The molecule has 0 amide bonds. The maximum atomic E-state index is 11.3. The van der Waals surface area contributed by atoms with Crippen molar-refractivity contribution in [2.75, 3.05) is 23.4 Å². The molecule has 1 aromatic heterocycles. The van der Waals surface area contributed by atoms with Crippen LogP contribution in [0.25, 0.3) is 0 Å². The van der Waals surface area contributed by atoms with E-state index in [1.54, 1.807) is 0 Å². The summed E-state index contributed by atoms with van der Waals surface area (Å²) in [6.07, 6.45) is 0. The van der Waals surface area contributed by atoms with Gasteiger partial charge in [0.05, 0.1) is 5.56 Å². The first-order valence-corrected chi connectivity index (χ1v) is 7.04. The van der Waals surface area contributed by atoms with Crippen LogP contribution in [0, 0.1) is 25.2 Å². The molecule has 92 valence electrons. The number of aromatic nitrogens is 1. The molecule has 0 saturated heterocycles. The minimum Gasteiger partial charge on any atom is -0.368 e. The van der Waals surface area contributed by atoms with Gasteiger partial charge in [0.25, 0.3) is 0 Å². The highest BCUT2D eigenvalue weighted by Crippen LogP contribution is 2.17. The molecule has 0 bridgehead atoms. The third-order valence-electron chi connectivity index (χ3n) is 2.40. The highest BCUT2D eigenvalue weighted by molar-refractivity contribution is 7.84. The van der Waals surface area contributed by atoms with Gasteiger partial charge in [0.2, 0.25) is 0 Å². The standard InChI is InChI=1S/C12H17N3OS/c1-4-17(16)6-5-14-12-11(8-13)9(2)7-10(3)15-12/h7H,4-6H2,1-3H3,(H,14,15). The molecule has 0 aromatic carbocycles. The normalized spacial score (nSPS) is 11.9. The third kappa shape index (κ3) is 3.82. The molecule has 0 aliphatic heterocycles. The van der Waals surface area contributed by atoms with E-state index in [2.05, 4.69) is 16.4 Å². The summed E-state index contributed by atoms with van der Waals surface area (Å²) < 4.78 is 11.3. The summed E-state index contributed by atoms with van der Waals surface area (Å²) in [6.45, 7) is 6.25. The van der Waals surface area contributed by atoms with Gasteiger partial charge in [-0.3, -0.25) is 4.21 Å². The monoisotopic (exact) mass is 251 g/mol. The lowest BCUT2D eigenvalue weighted by atomic mass is 10.1. The number of anilines is 1. The van der Waals surface area contributed by atoms with E-state index < -0.39 is 10.8 Å². The molecule has 0 aliphatic carbocycles. The molecule has 0 saturated carbocycles. The Bertz CT molecular complexity index is 466. The smallest absolute Gasteiger partial charge is 0.144 e. The second-order valence-electron chi connectivity index (χ2n) is 3.78. The van der Waals surface area contributed by atoms with Crippen LogP contribution in [-0.4, -0.2) is 27.2 Å². The van der Waals surface area contributed by atoms with Gasteiger partial charge in [-0.15, -0.1) is 0 Å². The zero-order valence-corrected chi connectivity index (χ0v) is 11.2. The minimum absolute atomic E-state index is 0.567. The molecule has 1 rings (SSSR count). The summed E-state index contributed by atoms with van der Waals surface area (Å²) in [5.41, 5.74) is 2.36. The zero-order valence-electron chi connectivity index (χ0n) is 10.4. The zero-order chi connectivity index (χ0) is 12.8. The van der Waals surface area contributed by atoms with E-state index in [-0.39, 0.29) is 0 Å². The van der Waals surface area contributed by atoms with Crippen molar-refractivity contribution in [3.05, 3.63) is 22.9 Å². The van der Waals surface area contributed by atoms with E-state index in [1.807, 2.05) is 26.8 Å². The van der Waals surface area contributed by atoms with E-state index in [0.717, 1.165) is 11.3 Å². The first-order valence-electron chi connectivity index (χ1n) is 5.55. The first-order chi connectivity index (χ1) is 8.08. The number of hydrogen-bond acceptors (Lipinski definition) is 4. The summed E-state index contributed by atoms with van der Waals surface area (Å²) >= 11 is 0. The Balaban J connectivity index is 2.77. The van der Waals surface area contributed by atoms with Crippen molar-refractivity contribution >= 4 is 16.6 Å². The molecule has 0 radical (unpaired) electrons. The van der Waals surface area contributed by atoms with Crippen LogP contribution in [0.15, 0.2) is 6.07 Å². The molecule has 0 aliphatic rings. The van der Waals surface area contributed by atoms with Crippen molar-refractivity contribution in [1.82, 2.24) is 4.98 Å². The quantitative estimate of drug-likeness (QED) is 0.866. The van der Waals surface area contributed by atoms with Crippen molar-refractivity contribution in [3.63, 3.8) is 0 Å². The van der Waals surface area contributed by atoms with Gasteiger partial charge in [-0.1, -0.05) is 6.92 Å². The molecule has 1 heterocycles. The predicted molar refractivity (Wildman–Crippen MR) is 70.5 cm³/mol. The van der Waals surface area contributed by atoms with Crippen LogP contribution < -0.4 is 5.32 Å². The number of nitrogens with one attached hydrogen (secondary N) is 1. The fourth-order valence-electron chi connectivity index (χ4n) is 1.53. The topological polar surface area (TPSA) is 65.8 Å². The third-order valence-corrected chi connectivity index (χ3v) is 3.70. The van der Waals surface area contributed by atoms with E-state index in [1.165, 1.54) is 0 Å². The number of hydrogen-bond donors (Lipinski definition) is 1. The number of aryl methyl sites for hydroxylation is 2. The SMILES string of the molecule is CCS(=O)CCNc1nc(C)cc(C)c1C#N. The average Bonchev–Trinajstić information content (AvgIpc) is 2.28. The van der Waals surface area contributed by atoms with E-state index in [9.17, 15) is 4.21 Å². The Morgan fingerprint density at radius 3 is 2.82 bits per heavy atom. The van der Waals surface area contributed by atoms with Crippen LogP contribution in [0.2, 0.25) is 0 Å². The highest BCUT2D eigenvalue weighted by Gasteiger charge is 2.08. The molecular formula is C12H17N3OS. The highest BCUT2D eigenvalue weighted by atomic mass is 32.2. The Morgan fingerprint density at radius 2 is 2.24 bits per heavy atom. The molecule has 1 aromatic rings. The molecule has 1 unspecified atom stereocenters. The van der Waals surface area contributed by atoms with E-state index in [4.69, 9.17) is 5.26 Å². The summed E-state index contributed by atoms with van der Waals surface area (Å²) in [5, 5.41) is 12.1. The average molecular weight is 251 g/mol. The Hall–Kier alpha value is -1.41. The lowest BCUT2D eigenvalue weighted by molar-refractivity contribution is 0.684. The van der Waals surface area contributed by atoms with Crippen molar-refractivity contribution < 1.29 is 4.21 Å². The van der Waals surface area contributed by atoms with Gasteiger partial charge in [-0.2, -0.15) is 5.26 Å². The van der Waals surface area contributed by atoms with Gasteiger partial charge in [-0.05, 0) is 25.5 Å². The molecule has 0 spiro atoms. The molecule has 17 heavy (non-hydrogen) atoms. The Morgan fingerprint density at radius 1 is 1.53 bits per heavy atom. The summed E-state index contributed by atoms with van der Waals surface area (Å²) in [4.78, 5) is 4.29. The van der Waals surface area contributed by atoms with Gasteiger partial charge in [0.15, 0.2) is 0 Å². The lowest BCUT2D eigenvalue weighted by Gasteiger charge is -2.09. The van der Waals surface area contributed by atoms with Crippen LogP contribution in [0.1, 0.15) is 23.7 Å². The lowest BCUT2D eigenvalue weighted by Crippen LogP contribution is -2.14. The van der Waals surface area contributed by atoms with Gasteiger partial charge < -0.3 is 5.32 Å². The molecule has 1 atom stereocenters. The van der Waals surface area contributed by atoms with Crippen LogP contribution >= 0.6 is 0 Å². The van der Waals surface area contributed by atoms with Crippen molar-refractivity contribution in [2.24, 2.45) is 0 Å². The summed E-state index contributed by atoms with van der Waals surface area (Å²) in [5.74, 6) is 1.83. The largest absolute Gasteiger partial charge is 0.368 e. The first kappa shape index (κ1) is 13.7. The molecule has 4 nitrogen and oxygen atoms in total. The van der Waals surface area contributed by atoms with Crippen LogP contribution in [0.4, 0.5) is 5.82 Å². The van der Waals surface area contributed by atoms with Gasteiger partial charge >= 0.3 is 0 Å². The predicted octanol–water partition coefficient (Wildman–Crippen LogP) is 1.75. The number of rotatable bonds is 5. The minimum atomic E-state index is -0.793. The fraction of sp³-hybridized carbons (Fsp3) is 0.500. The summed E-state index contributed by atoms with van der Waals surface area (Å²) in [7, 11) is -0.793. The molecule has 5 heteroatoms. The van der Waals surface area contributed by atoms with E-state index >= 15 is 0 Å². The van der Waals surface area contributed by atoms with Crippen LogP contribution in [0.5, 0.6) is 0 Å². The van der Waals surface area contributed by atoms with E-state index in [0.29, 0.717) is 29.4 Å². The second kappa shape index (κ2) is 6.36. The number of nitriles is 1.